The van der Waals surface area contributed by atoms with Crippen LogP contribution in [-0.4, -0.2) is 13.1 Å². The Labute approximate surface area is 80.2 Å². The molecular formula is C10H18ClN. The van der Waals surface area contributed by atoms with Crippen LogP contribution in [0.1, 0.15) is 32.6 Å². The molecular weight excluding hydrogens is 170 g/mol. The van der Waals surface area contributed by atoms with Crippen molar-refractivity contribution in [2.45, 2.75) is 32.6 Å². The highest BCUT2D eigenvalue weighted by Crippen LogP contribution is 2.42. The number of halogens is 1. The van der Waals surface area contributed by atoms with Gasteiger partial charge in [0.1, 0.15) is 0 Å². The fraction of sp³-hybridized carbons (Fsp3) is 0.800. The molecule has 1 saturated carbocycles. The standard InChI is InChI=1S/C10H18ClN/c1-3-10(5-4-6-10)8-12-7-9(2)11/h12H,2-8H2,1H3. The second kappa shape index (κ2) is 4.29. The third kappa shape index (κ3) is 2.49. The molecule has 0 aliphatic heterocycles. The normalized spacial score (nSPS) is 20.2. The lowest BCUT2D eigenvalue weighted by molar-refractivity contribution is 0.126. The van der Waals surface area contributed by atoms with Crippen LogP contribution in [0.3, 0.4) is 0 Å². The van der Waals surface area contributed by atoms with Crippen LogP contribution in [0.25, 0.3) is 0 Å². The lowest BCUT2D eigenvalue weighted by atomic mass is 9.67. The summed E-state index contributed by atoms with van der Waals surface area (Å²) < 4.78 is 0. The maximum Gasteiger partial charge on any atom is 0.0307 e. The molecule has 0 aromatic carbocycles. The Kier molecular flexibility index (Phi) is 3.60. The summed E-state index contributed by atoms with van der Waals surface area (Å²) in [4.78, 5) is 0. The van der Waals surface area contributed by atoms with Gasteiger partial charge in [0.2, 0.25) is 0 Å². The van der Waals surface area contributed by atoms with Crippen molar-refractivity contribution in [1.82, 2.24) is 5.32 Å². The molecule has 0 radical (unpaired) electrons. The van der Waals surface area contributed by atoms with Gasteiger partial charge in [0.05, 0.1) is 0 Å². The maximum absolute atomic E-state index is 5.65. The molecule has 2 heteroatoms. The van der Waals surface area contributed by atoms with E-state index in [1.165, 1.54) is 25.7 Å². The molecule has 1 rings (SSSR count). The second-order valence-electron chi connectivity index (χ2n) is 3.83. The van der Waals surface area contributed by atoms with Crippen molar-refractivity contribution in [3.8, 4) is 0 Å². The molecule has 1 aliphatic rings. The molecule has 1 N–H and O–H groups in total. The van der Waals surface area contributed by atoms with Crippen LogP contribution in [0, 0.1) is 5.41 Å². The summed E-state index contributed by atoms with van der Waals surface area (Å²) in [5.41, 5.74) is 0.590. The van der Waals surface area contributed by atoms with E-state index in [1.807, 2.05) is 0 Å². The summed E-state index contributed by atoms with van der Waals surface area (Å²) in [7, 11) is 0. The van der Waals surface area contributed by atoms with Crippen LogP contribution in [0.4, 0.5) is 0 Å². The van der Waals surface area contributed by atoms with Crippen molar-refractivity contribution < 1.29 is 0 Å². The van der Waals surface area contributed by atoms with Gasteiger partial charge < -0.3 is 5.32 Å². The summed E-state index contributed by atoms with van der Waals surface area (Å²) in [5.74, 6) is 0. The average molecular weight is 188 g/mol. The molecule has 0 bridgehead atoms. The molecule has 1 fully saturated rings. The summed E-state index contributed by atoms with van der Waals surface area (Å²) in [5, 5.41) is 4.06. The van der Waals surface area contributed by atoms with E-state index in [0.29, 0.717) is 10.4 Å². The minimum atomic E-state index is 0.590. The molecule has 0 aromatic rings. The van der Waals surface area contributed by atoms with Crippen molar-refractivity contribution >= 4 is 11.6 Å². The van der Waals surface area contributed by atoms with E-state index in [-0.39, 0.29) is 0 Å². The van der Waals surface area contributed by atoms with Gasteiger partial charge in [0.25, 0.3) is 0 Å². The van der Waals surface area contributed by atoms with Gasteiger partial charge in [-0.1, -0.05) is 31.5 Å². The Hall–Kier alpha value is -0.0100. The van der Waals surface area contributed by atoms with Gasteiger partial charge in [-0.25, -0.2) is 0 Å². The fourth-order valence-electron chi connectivity index (χ4n) is 1.80. The summed E-state index contributed by atoms with van der Waals surface area (Å²) in [6.45, 7) is 7.78. The summed E-state index contributed by atoms with van der Waals surface area (Å²) >= 11 is 5.65. The van der Waals surface area contributed by atoms with Crippen molar-refractivity contribution in [3.05, 3.63) is 11.6 Å². The van der Waals surface area contributed by atoms with Crippen molar-refractivity contribution in [1.29, 1.82) is 0 Å². The Bertz CT molecular complexity index is 156. The average Bonchev–Trinajstić information content (AvgIpc) is 1.94. The van der Waals surface area contributed by atoms with Crippen LogP contribution in [0.2, 0.25) is 0 Å². The zero-order chi connectivity index (χ0) is 9.03. The van der Waals surface area contributed by atoms with Crippen molar-refractivity contribution in [3.63, 3.8) is 0 Å². The third-order valence-electron chi connectivity index (χ3n) is 2.98. The quantitative estimate of drug-likeness (QED) is 0.698. The molecule has 0 heterocycles. The molecule has 0 atom stereocenters. The SMILES string of the molecule is C=C(Cl)CNCC1(CC)CCC1. The van der Waals surface area contributed by atoms with E-state index in [2.05, 4.69) is 18.8 Å². The van der Waals surface area contributed by atoms with E-state index in [4.69, 9.17) is 11.6 Å². The van der Waals surface area contributed by atoms with Gasteiger partial charge in [-0.05, 0) is 24.7 Å². The van der Waals surface area contributed by atoms with Gasteiger partial charge in [-0.3, -0.25) is 0 Å². The molecule has 0 saturated heterocycles. The van der Waals surface area contributed by atoms with Gasteiger partial charge >= 0.3 is 0 Å². The number of nitrogens with one attached hydrogen (secondary N) is 1. The van der Waals surface area contributed by atoms with E-state index in [9.17, 15) is 0 Å². The predicted octanol–water partition coefficient (Wildman–Crippen LogP) is 2.91. The maximum atomic E-state index is 5.65. The minimum Gasteiger partial charge on any atom is -0.311 e. The number of hydrogen-bond donors (Lipinski definition) is 1. The number of hydrogen-bond acceptors (Lipinski definition) is 1. The second-order valence-corrected chi connectivity index (χ2v) is 4.36. The van der Waals surface area contributed by atoms with Crippen LogP contribution in [-0.2, 0) is 0 Å². The Morgan fingerprint density at radius 1 is 1.58 bits per heavy atom. The Balaban J connectivity index is 2.16. The van der Waals surface area contributed by atoms with Gasteiger partial charge in [-0.15, -0.1) is 0 Å². The Morgan fingerprint density at radius 2 is 2.25 bits per heavy atom. The third-order valence-corrected chi connectivity index (χ3v) is 3.11. The molecule has 1 aliphatic carbocycles. The largest absolute Gasteiger partial charge is 0.311 e. The first-order valence-electron chi connectivity index (χ1n) is 4.72. The first-order valence-corrected chi connectivity index (χ1v) is 5.10. The zero-order valence-corrected chi connectivity index (χ0v) is 8.58. The molecule has 0 amide bonds. The predicted molar refractivity (Wildman–Crippen MR) is 54.4 cm³/mol. The van der Waals surface area contributed by atoms with E-state index < -0.39 is 0 Å². The summed E-state index contributed by atoms with van der Waals surface area (Å²) in [6.07, 6.45) is 5.45. The van der Waals surface area contributed by atoms with Crippen LogP contribution >= 0.6 is 11.6 Å². The van der Waals surface area contributed by atoms with Gasteiger partial charge in [0, 0.05) is 18.1 Å². The van der Waals surface area contributed by atoms with Crippen LogP contribution in [0.15, 0.2) is 11.6 Å². The lowest BCUT2D eigenvalue weighted by Gasteiger charge is -2.41. The molecule has 12 heavy (non-hydrogen) atoms. The minimum absolute atomic E-state index is 0.590. The smallest absolute Gasteiger partial charge is 0.0307 e. The van der Waals surface area contributed by atoms with E-state index >= 15 is 0 Å². The van der Waals surface area contributed by atoms with Crippen LogP contribution in [0.5, 0.6) is 0 Å². The topological polar surface area (TPSA) is 12.0 Å². The van der Waals surface area contributed by atoms with E-state index in [0.717, 1.165) is 13.1 Å². The van der Waals surface area contributed by atoms with Crippen molar-refractivity contribution in [2.75, 3.05) is 13.1 Å². The molecule has 0 unspecified atom stereocenters. The van der Waals surface area contributed by atoms with Crippen LogP contribution < -0.4 is 5.32 Å². The molecule has 70 valence electrons. The Morgan fingerprint density at radius 3 is 2.58 bits per heavy atom. The molecule has 0 spiro atoms. The highest BCUT2D eigenvalue weighted by molar-refractivity contribution is 6.29. The monoisotopic (exact) mass is 187 g/mol. The van der Waals surface area contributed by atoms with Crippen molar-refractivity contribution in [2.24, 2.45) is 5.41 Å². The summed E-state index contributed by atoms with van der Waals surface area (Å²) in [6, 6.07) is 0. The lowest BCUT2D eigenvalue weighted by Crippen LogP contribution is -2.39. The highest BCUT2D eigenvalue weighted by Gasteiger charge is 2.34. The first kappa shape index (κ1) is 10.1. The highest BCUT2D eigenvalue weighted by atomic mass is 35.5. The fourth-order valence-corrected chi connectivity index (χ4v) is 1.89. The van der Waals surface area contributed by atoms with Gasteiger partial charge in [0.15, 0.2) is 0 Å². The zero-order valence-electron chi connectivity index (χ0n) is 7.83. The van der Waals surface area contributed by atoms with E-state index in [1.54, 1.807) is 0 Å². The molecule has 1 nitrogen and oxygen atoms in total. The van der Waals surface area contributed by atoms with Gasteiger partial charge in [-0.2, -0.15) is 0 Å². The number of rotatable bonds is 5. The first-order chi connectivity index (χ1) is 5.68. The molecule has 0 aromatic heterocycles.